The molecule has 0 aliphatic heterocycles. The van der Waals surface area contributed by atoms with Crippen molar-refractivity contribution in [3.8, 4) is 5.75 Å². The largest absolute Gasteiger partial charge is 0.508 e. The lowest BCUT2D eigenvalue weighted by Gasteiger charge is -2.13. The number of benzene rings is 1. The molecule has 0 aromatic heterocycles. The molecule has 1 aromatic carbocycles. The van der Waals surface area contributed by atoms with Crippen molar-refractivity contribution in [2.75, 3.05) is 6.61 Å². The van der Waals surface area contributed by atoms with Crippen LogP contribution in [-0.4, -0.2) is 22.9 Å². The molecule has 84 valence electrons. The van der Waals surface area contributed by atoms with Crippen molar-refractivity contribution >= 4 is 15.9 Å². The molecule has 1 atom stereocenters. The number of aliphatic hydroxyl groups excluding tert-OH is 1. The summed E-state index contributed by atoms with van der Waals surface area (Å²) in [5.41, 5.74) is 0.856. The van der Waals surface area contributed by atoms with E-state index >= 15 is 0 Å². The maximum atomic E-state index is 9.57. The zero-order chi connectivity index (χ0) is 11.3. The van der Waals surface area contributed by atoms with E-state index in [9.17, 15) is 5.11 Å². The minimum atomic E-state index is 0.179. The molecule has 3 nitrogen and oxygen atoms in total. The maximum absolute atomic E-state index is 9.57. The third-order valence-corrected chi connectivity index (χ3v) is 2.74. The summed E-state index contributed by atoms with van der Waals surface area (Å²) in [6, 6.07) is 5.59. The first kappa shape index (κ1) is 12.5. The third-order valence-electron chi connectivity index (χ3n) is 2.24. The van der Waals surface area contributed by atoms with E-state index in [4.69, 9.17) is 5.11 Å². The Bertz CT molecular complexity index is 317. The Morgan fingerprint density at radius 1 is 1.47 bits per heavy atom. The van der Waals surface area contributed by atoms with Crippen LogP contribution in [-0.2, 0) is 6.54 Å². The molecular weight excluding hydrogens is 258 g/mol. The number of phenolic OH excluding ortho intramolecular Hbond substituents is 1. The first-order chi connectivity index (χ1) is 7.13. The van der Waals surface area contributed by atoms with Crippen LogP contribution in [0.4, 0.5) is 0 Å². The Balaban J connectivity index is 2.53. The number of phenols is 1. The number of rotatable bonds is 5. The normalized spacial score (nSPS) is 12.7. The summed E-state index contributed by atoms with van der Waals surface area (Å²) in [7, 11) is 0. The van der Waals surface area contributed by atoms with Gasteiger partial charge in [-0.2, -0.15) is 0 Å². The van der Waals surface area contributed by atoms with Crippen LogP contribution in [0.2, 0.25) is 0 Å². The molecule has 0 heterocycles. The van der Waals surface area contributed by atoms with E-state index in [1.165, 1.54) is 0 Å². The molecule has 0 amide bonds. The summed E-state index contributed by atoms with van der Waals surface area (Å²) in [4.78, 5) is 0. The molecule has 0 fully saturated rings. The van der Waals surface area contributed by atoms with Gasteiger partial charge in [-0.1, -0.05) is 15.9 Å². The fourth-order valence-corrected chi connectivity index (χ4v) is 1.68. The Kier molecular flexibility index (Phi) is 5.08. The second-order valence-electron chi connectivity index (χ2n) is 3.57. The van der Waals surface area contributed by atoms with Gasteiger partial charge in [0.2, 0.25) is 0 Å². The lowest BCUT2D eigenvalue weighted by atomic mass is 10.2. The third kappa shape index (κ3) is 4.20. The zero-order valence-electron chi connectivity index (χ0n) is 8.70. The lowest BCUT2D eigenvalue weighted by Crippen LogP contribution is -2.26. The van der Waals surface area contributed by atoms with E-state index in [0.29, 0.717) is 12.3 Å². The maximum Gasteiger partial charge on any atom is 0.120 e. The minimum Gasteiger partial charge on any atom is -0.508 e. The molecule has 0 saturated heterocycles. The summed E-state index contributed by atoms with van der Waals surface area (Å²) in [6.45, 7) is 2.79. The van der Waals surface area contributed by atoms with Gasteiger partial charge in [0, 0.05) is 29.2 Å². The van der Waals surface area contributed by atoms with Crippen molar-refractivity contribution in [3.05, 3.63) is 28.2 Å². The second-order valence-corrected chi connectivity index (χ2v) is 4.48. The molecule has 1 rings (SSSR count). The van der Waals surface area contributed by atoms with Crippen LogP contribution in [0.1, 0.15) is 18.9 Å². The highest BCUT2D eigenvalue weighted by atomic mass is 79.9. The Hall–Kier alpha value is -0.580. The van der Waals surface area contributed by atoms with Gasteiger partial charge < -0.3 is 15.5 Å². The number of halogens is 1. The van der Waals surface area contributed by atoms with E-state index in [-0.39, 0.29) is 12.6 Å². The van der Waals surface area contributed by atoms with Crippen molar-refractivity contribution in [1.82, 2.24) is 5.32 Å². The van der Waals surface area contributed by atoms with Crippen molar-refractivity contribution in [1.29, 1.82) is 0 Å². The average Bonchev–Trinajstić information content (AvgIpc) is 2.20. The second kappa shape index (κ2) is 6.10. The molecule has 15 heavy (non-hydrogen) atoms. The van der Waals surface area contributed by atoms with Crippen LogP contribution < -0.4 is 5.32 Å². The minimum absolute atomic E-state index is 0.179. The molecule has 1 aromatic rings. The quantitative estimate of drug-likeness (QED) is 0.770. The molecule has 0 saturated carbocycles. The Morgan fingerprint density at radius 3 is 2.87 bits per heavy atom. The molecule has 0 spiro atoms. The van der Waals surface area contributed by atoms with Gasteiger partial charge in [-0.05, 0) is 31.5 Å². The zero-order valence-corrected chi connectivity index (χ0v) is 10.3. The molecule has 0 aliphatic carbocycles. The van der Waals surface area contributed by atoms with Gasteiger partial charge in [-0.3, -0.25) is 0 Å². The highest BCUT2D eigenvalue weighted by molar-refractivity contribution is 9.10. The SMILES string of the molecule is CC(CCO)NCc1cc(Br)ccc1O. The van der Waals surface area contributed by atoms with E-state index in [1.54, 1.807) is 12.1 Å². The highest BCUT2D eigenvalue weighted by Crippen LogP contribution is 2.21. The summed E-state index contributed by atoms with van der Waals surface area (Å²) < 4.78 is 0.951. The Labute approximate surface area is 98.3 Å². The van der Waals surface area contributed by atoms with Crippen molar-refractivity contribution in [3.63, 3.8) is 0 Å². The predicted molar refractivity (Wildman–Crippen MR) is 63.8 cm³/mol. The number of aromatic hydroxyl groups is 1. The molecule has 4 heteroatoms. The average molecular weight is 274 g/mol. The standard InChI is InChI=1S/C11H16BrNO2/c1-8(4-5-14)13-7-9-6-10(12)2-3-11(9)15/h2-3,6,8,13-15H,4-5,7H2,1H3. The van der Waals surface area contributed by atoms with E-state index < -0.39 is 0 Å². The fourth-order valence-electron chi connectivity index (χ4n) is 1.28. The molecule has 3 N–H and O–H groups in total. The number of hydrogen-bond acceptors (Lipinski definition) is 3. The van der Waals surface area contributed by atoms with Gasteiger partial charge >= 0.3 is 0 Å². The van der Waals surface area contributed by atoms with Gasteiger partial charge in [0.05, 0.1) is 0 Å². The van der Waals surface area contributed by atoms with Gasteiger partial charge in [-0.25, -0.2) is 0 Å². The first-order valence-electron chi connectivity index (χ1n) is 4.95. The predicted octanol–water partition coefficient (Wildman–Crippen LogP) is 2.02. The number of nitrogens with one attached hydrogen (secondary N) is 1. The summed E-state index contributed by atoms with van der Waals surface area (Å²) >= 11 is 3.36. The monoisotopic (exact) mass is 273 g/mol. The molecule has 0 bridgehead atoms. The van der Waals surface area contributed by atoms with Crippen molar-refractivity contribution < 1.29 is 10.2 Å². The topological polar surface area (TPSA) is 52.5 Å². The van der Waals surface area contributed by atoms with Gasteiger partial charge in [-0.15, -0.1) is 0 Å². The summed E-state index contributed by atoms with van der Waals surface area (Å²) in [5, 5.41) is 21.5. The van der Waals surface area contributed by atoms with E-state index in [1.807, 2.05) is 13.0 Å². The van der Waals surface area contributed by atoms with Gasteiger partial charge in [0.25, 0.3) is 0 Å². The summed E-state index contributed by atoms with van der Waals surface area (Å²) in [6.07, 6.45) is 0.717. The van der Waals surface area contributed by atoms with E-state index in [2.05, 4.69) is 21.2 Å². The van der Waals surface area contributed by atoms with Gasteiger partial charge in [0.15, 0.2) is 0 Å². The van der Waals surface area contributed by atoms with Crippen LogP contribution in [0.25, 0.3) is 0 Å². The fraction of sp³-hybridized carbons (Fsp3) is 0.455. The highest BCUT2D eigenvalue weighted by Gasteiger charge is 2.04. The van der Waals surface area contributed by atoms with Gasteiger partial charge in [0.1, 0.15) is 5.75 Å². The summed E-state index contributed by atoms with van der Waals surface area (Å²) in [5.74, 6) is 0.293. The van der Waals surface area contributed by atoms with Crippen LogP contribution in [0.15, 0.2) is 22.7 Å². The first-order valence-corrected chi connectivity index (χ1v) is 5.74. The number of hydrogen-bond donors (Lipinski definition) is 3. The molecule has 0 radical (unpaired) electrons. The van der Waals surface area contributed by atoms with Crippen LogP contribution >= 0.6 is 15.9 Å². The lowest BCUT2D eigenvalue weighted by molar-refractivity contribution is 0.268. The Morgan fingerprint density at radius 2 is 2.20 bits per heavy atom. The van der Waals surface area contributed by atoms with Crippen LogP contribution in [0.3, 0.4) is 0 Å². The van der Waals surface area contributed by atoms with Crippen molar-refractivity contribution in [2.45, 2.75) is 25.9 Å². The van der Waals surface area contributed by atoms with Crippen LogP contribution in [0.5, 0.6) is 5.75 Å². The van der Waals surface area contributed by atoms with E-state index in [0.717, 1.165) is 16.5 Å². The molecular formula is C11H16BrNO2. The van der Waals surface area contributed by atoms with Crippen LogP contribution in [0, 0.1) is 0 Å². The molecule has 0 aliphatic rings. The number of aliphatic hydroxyl groups is 1. The molecule has 1 unspecified atom stereocenters. The van der Waals surface area contributed by atoms with Crippen molar-refractivity contribution in [2.24, 2.45) is 0 Å². The smallest absolute Gasteiger partial charge is 0.120 e.